The van der Waals surface area contributed by atoms with Crippen molar-refractivity contribution in [1.29, 1.82) is 0 Å². The van der Waals surface area contributed by atoms with Gasteiger partial charge in [-0.25, -0.2) is 29.0 Å². The Bertz CT molecular complexity index is 4750. The summed E-state index contributed by atoms with van der Waals surface area (Å²) in [6.45, 7) is 2.68. The third-order valence-electron chi connectivity index (χ3n) is 19.4. The van der Waals surface area contributed by atoms with Gasteiger partial charge in [-0.2, -0.15) is 37.1 Å². The predicted molar refractivity (Wildman–Crippen MR) is 372 cm³/mol. The molecule has 0 aliphatic carbocycles. The summed E-state index contributed by atoms with van der Waals surface area (Å²) in [6.07, 6.45) is 10.6. The molecule has 10 atom stereocenters. The van der Waals surface area contributed by atoms with Crippen LogP contribution in [0, 0.1) is 12.3 Å². The lowest BCUT2D eigenvalue weighted by molar-refractivity contribution is -0.140. The van der Waals surface area contributed by atoms with Crippen LogP contribution in [0.2, 0.25) is 0 Å². The molecule has 10 fully saturated rings. The summed E-state index contributed by atoms with van der Waals surface area (Å²) in [4.78, 5) is 134. The van der Waals surface area contributed by atoms with E-state index in [1.807, 2.05) is 60.7 Å². The SMILES string of the molecule is C#CC(N)=O.NC(=O)c1cc([C@@H]2CC[C@@H]3CN2C(=O)N3O)no1.NC(=O)c1cc([C@@H]2CC[C@@H]3CN2C(=O)N3OCc2ccccc2)no1.NC(=O)c1cc([C@@H]2CC[C@@H]3CN2C(=O)N3OS(=O)(=O)O)no1.NC(=O)c1cc([C@@H]2CC[C@@H]3CN2C(=O)N3OS(=O)(=O)O)no1.O=C1N2C[C@@H](CC[C@H]2/C(Cl)=N/O)N1OCc1ccccc1. The van der Waals surface area contributed by atoms with Gasteiger partial charge in [-0.1, -0.05) is 98.0 Å². The standard InChI is InChI=1S/C17H18N4O4.C14H16ClN3O3.2C10H12N4O7S.C10H12N4O4.C3H3NO/c18-16(22)15-8-13(19-25-15)14-7-6-12-9-20(14)17(23)21(12)24-10-11-4-2-1-3-5-11;15-13(16-20)12-7-6-11-8-17(12)14(19)18(11)21-9-10-4-2-1-3-5-10;2*11-9(15)8-3-6(12-20-8)7-2-1-5-4-13(7)10(16)14(5)21-22(17,18)19;11-9(15)8-3-6(12-18-8)7-2-1-5-4-13(7)10(16)14(5)17;1-2-3(4)5/h1-5,8,12,14H,6-7,9-10H2,(H2,18,22);1-5,11-12,20H,6-9H2;2*3,5,7H,1-2,4H2,(H2,11,15)(H,17,18,19);3,5,7,17H,1-2,4H2,(H2,11,15);1H,(H2,4,5)/b;16-13-;;;;/t12-,14+;11-,12+;3*5-,7+;/m11111./s1. The number of fused-ring (bicyclic) bond motifs is 10. The Kier molecular flexibility index (Phi) is 25.1. The Morgan fingerprint density at radius 1 is 0.469 bits per heavy atom. The molecule has 2 aromatic carbocycles. The number of nitrogens with two attached hydrogens (primary N) is 5. The van der Waals surface area contributed by atoms with Crippen molar-refractivity contribution in [3.05, 3.63) is 142 Å². The van der Waals surface area contributed by atoms with Crippen LogP contribution in [0.1, 0.15) is 164 Å². The summed E-state index contributed by atoms with van der Waals surface area (Å²) in [5.41, 5.74) is 28.6. The number of carbonyl (C=O) groups is 10. The molecule has 0 unspecified atom stereocenters. The highest BCUT2D eigenvalue weighted by Crippen LogP contribution is 2.43. The van der Waals surface area contributed by atoms with Crippen LogP contribution in [0.4, 0.5) is 24.0 Å². The number of urea groups is 5. The maximum atomic E-state index is 12.7. The Morgan fingerprint density at radius 2 is 0.752 bits per heavy atom. The van der Waals surface area contributed by atoms with Gasteiger partial charge in [-0.05, 0) is 81.3 Å². The van der Waals surface area contributed by atoms with Crippen LogP contribution < -0.4 is 28.7 Å². The number of oxime groups is 1. The summed E-state index contributed by atoms with van der Waals surface area (Å²) in [5.74, 6) is -2.27. The number of benzene rings is 2. The zero-order chi connectivity index (χ0) is 81.5. The third kappa shape index (κ3) is 18.9. The van der Waals surface area contributed by atoms with Gasteiger partial charge in [0.2, 0.25) is 23.0 Å². The molecule has 10 bridgehead atoms. The van der Waals surface area contributed by atoms with Crippen LogP contribution in [0.5, 0.6) is 0 Å². The van der Waals surface area contributed by atoms with Crippen molar-refractivity contribution in [3.63, 3.8) is 0 Å². The molecule has 604 valence electrons. The highest BCUT2D eigenvalue weighted by atomic mass is 35.5. The molecule has 113 heavy (non-hydrogen) atoms. The second-order valence-electron chi connectivity index (χ2n) is 26.4. The first-order valence-electron chi connectivity index (χ1n) is 34.3. The van der Waals surface area contributed by atoms with Crippen LogP contribution >= 0.6 is 11.6 Å². The molecule has 49 heteroatoms. The second-order valence-corrected chi connectivity index (χ2v) is 28.8. The van der Waals surface area contributed by atoms with Crippen molar-refractivity contribution in [3.8, 4) is 12.3 Å². The Hall–Kier alpha value is -12.1. The summed E-state index contributed by atoms with van der Waals surface area (Å²) >= 11 is 5.87. The average molecular weight is 1640 g/mol. The molecule has 10 saturated heterocycles. The first-order valence-corrected chi connectivity index (χ1v) is 37.4. The van der Waals surface area contributed by atoms with E-state index >= 15 is 0 Å². The van der Waals surface area contributed by atoms with Gasteiger partial charge in [0.15, 0.2) is 5.17 Å². The number of carbonyl (C=O) groups excluding carboxylic acids is 10. The summed E-state index contributed by atoms with van der Waals surface area (Å²) in [6, 6.07) is 19.8. The molecular weight excluding hydrogens is 1560 g/mol. The van der Waals surface area contributed by atoms with Crippen molar-refractivity contribution in [2.75, 3.05) is 32.7 Å². The fourth-order valence-electron chi connectivity index (χ4n) is 14.1. The van der Waals surface area contributed by atoms with Gasteiger partial charge in [0.1, 0.15) is 36.0 Å². The highest BCUT2D eigenvalue weighted by Gasteiger charge is 2.53. The molecule has 46 nitrogen and oxygen atoms in total. The monoisotopic (exact) mass is 1640 g/mol. The van der Waals surface area contributed by atoms with Gasteiger partial charge in [-0.3, -0.25) is 48.0 Å². The van der Waals surface area contributed by atoms with E-state index in [1.165, 1.54) is 49.1 Å². The number of hydroxylamine groups is 10. The van der Waals surface area contributed by atoms with Gasteiger partial charge in [0.05, 0.1) is 60.4 Å². The largest absolute Gasteiger partial charge is 0.418 e. The topological polar surface area (TPSA) is 636 Å². The van der Waals surface area contributed by atoms with Crippen LogP contribution in [-0.4, -0.2) is 241 Å². The minimum absolute atomic E-state index is 0.000883. The molecule has 0 saturated carbocycles. The number of terminal acetylenes is 1. The van der Waals surface area contributed by atoms with Crippen LogP contribution in [0.3, 0.4) is 0 Å². The Balaban J connectivity index is 0.000000138. The number of piperidine rings is 5. The summed E-state index contributed by atoms with van der Waals surface area (Å²) in [7, 11) is -9.57. The smallest absolute Gasteiger partial charge is 0.410 e. The second kappa shape index (κ2) is 34.7. The lowest BCUT2D eigenvalue weighted by Gasteiger charge is -2.28. The zero-order valence-electron chi connectivity index (χ0n) is 59.0. The maximum absolute atomic E-state index is 12.7. The van der Waals surface area contributed by atoms with E-state index in [9.17, 15) is 70.0 Å². The molecule has 0 spiro atoms. The number of primary amides is 5. The molecule has 15 amide bonds. The van der Waals surface area contributed by atoms with E-state index in [0.29, 0.717) is 111 Å². The summed E-state index contributed by atoms with van der Waals surface area (Å²) < 4.78 is 88.6. The number of nitrogens with zero attached hydrogens (tertiary/aromatic N) is 15. The van der Waals surface area contributed by atoms with Crippen molar-refractivity contribution in [2.45, 2.75) is 138 Å². The van der Waals surface area contributed by atoms with Gasteiger partial charge in [0.25, 0.3) is 29.5 Å². The van der Waals surface area contributed by atoms with Crippen LogP contribution in [-0.2, 0) is 57.0 Å². The molecule has 0 radical (unpaired) electrons. The van der Waals surface area contributed by atoms with E-state index in [-0.39, 0.29) is 89.6 Å². The van der Waals surface area contributed by atoms with Gasteiger partial charge in [0, 0.05) is 57.0 Å². The minimum Gasteiger partial charge on any atom is -0.410 e. The average Bonchev–Trinajstić information content (AvgIpc) is 1.68. The Morgan fingerprint density at radius 3 is 1.06 bits per heavy atom. The maximum Gasteiger partial charge on any atom is 0.418 e. The molecule has 14 N–H and O–H groups in total. The van der Waals surface area contributed by atoms with Crippen molar-refractivity contribution in [2.24, 2.45) is 33.8 Å². The van der Waals surface area contributed by atoms with Gasteiger partial charge < -0.3 is 76.5 Å². The molecule has 10 aliphatic rings. The van der Waals surface area contributed by atoms with Gasteiger partial charge >= 0.3 is 51.0 Å². The van der Waals surface area contributed by atoms with Crippen molar-refractivity contribution in [1.82, 2.24) is 70.4 Å². The Labute approximate surface area is 644 Å². The van der Waals surface area contributed by atoms with E-state index in [1.54, 1.807) is 15.7 Å². The lowest BCUT2D eigenvalue weighted by Crippen LogP contribution is -2.43. The first kappa shape index (κ1) is 81.9. The minimum atomic E-state index is -4.79. The fourth-order valence-corrected chi connectivity index (χ4v) is 15.1. The normalized spacial score (nSPS) is 23.9. The van der Waals surface area contributed by atoms with E-state index < -0.39 is 92.6 Å². The highest BCUT2D eigenvalue weighted by molar-refractivity contribution is 7.81. The molecule has 10 aliphatic heterocycles. The summed E-state index contributed by atoms with van der Waals surface area (Å²) in [5, 5.41) is 41.4. The fraction of sp³-hybridized carbons (Fsp3) is 0.422. The van der Waals surface area contributed by atoms with Crippen LogP contribution in [0.25, 0.3) is 0 Å². The van der Waals surface area contributed by atoms with E-state index in [0.717, 1.165) is 35.5 Å². The zero-order valence-corrected chi connectivity index (χ0v) is 61.4. The molecule has 6 aromatic rings. The molecule has 14 heterocycles. The number of aromatic nitrogens is 4. The first-order chi connectivity index (χ1) is 53.7. The van der Waals surface area contributed by atoms with E-state index in [4.69, 9.17) is 76.6 Å². The number of halogens is 1. The van der Waals surface area contributed by atoms with Crippen molar-refractivity contribution >= 4 is 97.3 Å². The number of amides is 15. The lowest BCUT2D eigenvalue weighted by atomic mass is 9.98. The number of hydrogen-bond donors (Lipinski definition) is 9. The number of hydrogen-bond acceptors (Lipinski definition) is 29. The predicted octanol–water partition coefficient (Wildman–Crippen LogP) is 2.37. The molecule has 16 rings (SSSR count). The molecular formula is C64H73ClN20O26S2. The third-order valence-corrected chi connectivity index (χ3v) is 20.4. The van der Waals surface area contributed by atoms with Crippen molar-refractivity contribution < 1.29 is 121 Å². The van der Waals surface area contributed by atoms with Gasteiger partial charge in [-0.15, -0.1) is 15.0 Å². The van der Waals surface area contributed by atoms with Crippen LogP contribution in [0.15, 0.2) is 108 Å². The van der Waals surface area contributed by atoms with E-state index in [2.05, 4.69) is 46.5 Å². The quantitative estimate of drug-likeness (QED) is 0.0140. The number of rotatable bonds is 19. The molecule has 4 aromatic heterocycles.